The summed E-state index contributed by atoms with van der Waals surface area (Å²) in [4.78, 5) is 11.7. The lowest BCUT2D eigenvalue weighted by molar-refractivity contribution is -0.119. The Balaban J connectivity index is 2.22. The monoisotopic (exact) mass is 228 g/mol. The number of hydrogen-bond acceptors (Lipinski definition) is 2. The fourth-order valence-corrected chi connectivity index (χ4v) is 1.64. The number of rotatable bonds is 3. The Morgan fingerprint density at radius 1 is 1.24 bits per heavy atom. The van der Waals surface area contributed by atoms with Crippen molar-refractivity contribution in [2.24, 2.45) is 11.7 Å². The number of carbonyl (C=O) groups excluding carboxylic acids is 1. The molecule has 0 aliphatic carbocycles. The molecule has 0 saturated carbocycles. The molecule has 0 saturated heterocycles. The van der Waals surface area contributed by atoms with Crippen LogP contribution in [0.4, 0.5) is 5.69 Å². The van der Waals surface area contributed by atoms with Gasteiger partial charge in [0.15, 0.2) is 0 Å². The number of anilines is 1. The standard InChI is InChI=1S/C14H16N2O/c1-10(9-15)14(17)16-13-7-6-11-4-2-3-5-12(11)8-13/h2-8,10H,9,15H2,1H3,(H,16,17). The lowest BCUT2D eigenvalue weighted by atomic mass is 10.1. The maximum absolute atomic E-state index is 11.7. The van der Waals surface area contributed by atoms with Gasteiger partial charge in [0.1, 0.15) is 0 Å². The minimum Gasteiger partial charge on any atom is -0.330 e. The molecule has 2 aromatic rings. The van der Waals surface area contributed by atoms with E-state index in [1.54, 1.807) is 0 Å². The van der Waals surface area contributed by atoms with Gasteiger partial charge < -0.3 is 11.1 Å². The molecule has 2 aromatic carbocycles. The zero-order valence-electron chi connectivity index (χ0n) is 9.81. The molecule has 3 heteroatoms. The molecule has 1 unspecified atom stereocenters. The van der Waals surface area contributed by atoms with Gasteiger partial charge >= 0.3 is 0 Å². The zero-order chi connectivity index (χ0) is 12.3. The molecule has 0 spiro atoms. The molecule has 2 rings (SSSR count). The quantitative estimate of drug-likeness (QED) is 0.847. The van der Waals surface area contributed by atoms with Gasteiger partial charge in [-0.3, -0.25) is 4.79 Å². The molecule has 0 heterocycles. The van der Waals surface area contributed by atoms with Crippen LogP contribution in [0.1, 0.15) is 6.92 Å². The van der Waals surface area contributed by atoms with Crippen molar-refractivity contribution in [3.63, 3.8) is 0 Å². The summed E-state index contributed by atoms with van der Waals surface area (Å²) in [6.07, 6.45) is 0. The summed E-state index contributed by atoms with van der Waals surface area (Å²) in [7, 11) is 0. The maximum Gasteiger partial charge on any atom is 0.228 e. The van der Waals surface area contributed by atoms with E-state index in [2.05, 4.69) is 5.32 Å². The van der Waals surface area contributed by atoms with Crippen LogP contribution in [0.15, 0.2) is 42.5 Å². The average Bonchev–Trinajstić information content (AvgIpc) is 2.37. The Morgan fingerprint density at radius 2 is 1.94 bits per heavy atom. The van der Waals surface area contributed by atoms with Gasteiger partial charge in [-0.15, -0.1) is 0 Å². The van der Waals surface area contributed by atoms with Crippen molar-refractivity contribution in [1.29, 1.82) is 0 Å². The molecular formula is C14H16N2O. The van der Waals surface area contributed by atoms with E-state index >= 15 is 0 Å². The second kappa shape index (κ2) is 4.97. The smallest absolute Gasteiger partial charge is 0.228 e. The van der Waals surface area contributed by atoms with E-state index < -0.39 is 0 Å². The number of amides is 1. The molecule has 88 valence electrons. The number of nitrogens with two attached hydrogens (primary N) is 1. The first-order valence-electron chi connectivity index (χ1n) is 5.70. The zero-order valence-corrected chi connectivity index (χ0v) is 9.81. The lowest BCUT2D eigenvalue weighted by Crippen LogP contribution is -2.26. The molecule has 1 amide bonds. The number of fused-ring (bicyclic) bond motifs is 1. The van der Waals surface area contributed by atoms with Crippen molar-refractivity contribution < 1.29 is 4.79 Å². The normalized spacial score (nSPS) is 12.4. The van der Waals surface area contributed by atoms with E-state index in [4.69, 9.17) is 5.73 Å². The highest BCUT2D eigenvalue weighted by molar-refractivity contribution is 5.95. The summed E-state index contributed by atoms with van der Waals surface area (Å²) >= 11 is 0. The SMILES string of the molecule is CC(CN)C(=O)Nc1ccc2ccccc2c1. The highest BCUT2D eigenvalue weighted by Gasteiger charge is 2.10. The van der Waals surface area contributed by atoms with Crippen molar-refractivity contribution >= 4 is 22.4 Å². The first-order chi connectivity index (χ1) is 8.20. The summed E-state index contributed by atoms with van der Waals surface area (Å²) < 4.78 is 0. The molecule has 0 aliphatic rings. The van der Waals surface area contributed by atoms with Crippen LogP contribution < -0.4 is 11.1 Å². The number of carbonyl (C=O) groups is 1. The second-order valence-electron chi connectivity index (χ2n) is 4.19. The van der Waals surface area contributed by atoms with Gasteiger partial charge in [0.25, 0.3) is 0 Å². The second-order valence-corrected chi connectivity index (χ2v) is 4.19. The van der Waals surface area contributed by atoms with Crippen LogP contribution in [0.2, 0.25) is 0 Å². The predicted octanol–water partition coefficient (Wildman–Crippen LogP) is 2.37. The van der Waals surface area contributed by atoms with E-state index in [0.717, 1.165) is 16.5 Å². The third-order valence-corrected chi connectivity index (χ3v) is 2.82. The minimum atomic E-state index is -0.165. The molecular weight excluding hydrogens is 212 g/mol. The van der Waals surface area contributed by atoms with Gasteiger partial charge in [-0.1, -0.05) is 37.3 Å². The molecule has 0 radical (unpaired) electrons. The van der Waals surface area contributed by atoms with Gasteiger partial charge in [0.2, 0.25) is 5.91 Å². The van der Waals surface area contributed by atoms with E-state index in [0.29, 0.717) is 6.54 Å². The largest absolute Gasteiger partial charge is 0.330 e. The van der Waals surface area contributed by atoms with Gasteiger partial charge in [-0.25, -0.2) is 0 Å². The highest BCUT2D eigenvalue weighted by atomic mass is 16.1. The summed E-state index contributed by atoms with van der Waals surface area (Å²) in [6.45, 7) is 2.18. The molecule has 1 atom stereocenters. The third kappa shape index (κ3) is 2.63. The Bertz CT molecular complexity index is 536. The van der Waals surface area contributed by atoms with Crippen molar-refractivity contribution in [2.75, 3.05) is 11.9 Å². The van der Waals surface area contributed by atoms with E-state index in [-0.39, 0.29) is 11.8 Å². The predicted molar refractivity (Wildman–Crippen MR) is 70.8 cm³/mol. The Labute approximate surface area is 101 Å². The van der Waals surface area contributed by atoms with E-state index in [9.17, 15) is 4.79 Å². The molecule has 0 bridgehead atoms. The fourth-order valence-electron chi connectivity index (χ4n) is 1.64. The van der Waals surface area contributed by atoms with Crippen molar-refractivity contribution in [2.45, 2.75) is 6.92 Å². The van der Waals surface area contributed by atoms with Crippen LogP contribution in [0.5, 0.6) is 0 Å². The molecule has 3 nitrogen and oxygen atoms in total. The summed E-state index contributed by atoms with van der Waals surface area (Å²) in [6, 6.07) is 13.9. The molecule has 0 aromatic heterocycles. The molecule has 0 fully saturated rings. The Morgan fingerprint density at radius 3 is 2.65 bits per heavy atom. The minimum absolute atomic E-state index is 0.0391. The topological polar surface area (TPSA) is 55.1 Å². The number of nitrogens with one attached hydrogen (secondary N) is 1. The maximum atomic E-state index is 11.7. The molecule has 0 aliphatic heterocycles. The Hall–Kier alpha value is -1.87. The van der Waals surface area contributed by atoms with Crippen LogP contribution in [-0.4, -0.2) is 12.5 Å². The third-order valence-electron chi connectivity index (χ3n) is 2.82. The first-order valence-corrected chi connectivity index (χ1v) is 5.70. The van der Waals surface area contributed by atoms with Gasteiger partial charge in [0, 0.05) is 18.2 Å². The average molecular weight is 228 g/mol. The summed E-state index contributed by atoms with van der Waals surface area (Å²) in [5.74, 6) is -0.204. The van der Waals surface area contributed by atoms with Crippen LogP contribution in [0, 0.1) is 5.92 Å². The van der Waals surface area contributed by atoms with E-state index in [1.807, 2.05) is 49.4 Å². The lowest BCUT2D eigenvalue weighted by Gasteiger charge is -2.10. The fraction of sp³-hybridized carbons (Fsp3) is 0.214. The summed E-state index contributed by atoms with van der Waals surface area (Å²) in [5.41, 5.74) is 6.27. The van der Waals surface area contributed by atoms with Crippen molar-refractivity contribution in [3.05, 3.63) is 42.5 Å². The van der Waals surface area contributed by atoms with Crippen LogP contribution >= 0.6 is 0 Å². The Kier molecular flexibility index (Phi) is 3.40. The molecule has 3 N–H and O–H groups in total. The van der Waals surface area contributed by atoms with Gasteiger partial charge in [0.05, 0.1) is 0 Å². The van der Waals surface area contributed by atoms with Crippen LogP contribution in [-0.2, 0) is 4.79 Å². The first kappa shape index (κ1) is 11.6. The van der Waals surface area contributed by atoms with Gasteiger partial charge in [-0.05, 0) is 22.9 Å². The number of benzene rings is 2. The van der Waals surface area contributed by atoms with Crippen molar-refractivity contribution in [1.82, 2.24) is 0 Å². The van der Waals surface area contributed by atoms with Crippen LogP contribution in [0.3, 0.4) is 0 Å². The number of hydrogen-bond donors (Lipinski definition) is 2. The van der Waals surface area contributed by atoms with Crippen molar-refractivity contribution in [3.8, 4) is 0 Å². The summed E-state index contributed by atoms with van der Waals surface area (Å²) in [5, 5.41) is 5.15. The van der Waals surface area contributed by atoms with E-state index in [1.165, 1.54) is 0 Å². The van der Waals surface area contributed by atoms with Gasteiger partial charge in [-0.2, -0.15) is 0 Å². The van der Waals surface area contributed by atoms with Crippen LogP contribution in [0.25, 0.3) is 10.8 Å². The highest BCUT2D eigenvalue weighted by Crippen LogP contribution is 2.19. The molecule has 17 heavy (non-hydrogen) atoms.